The molecule has 0 aliphatic rings. The largest absolute Gasteiger partial charge is 0.399 e. The van der Waals surface area contributed by atoms with Crippen molar-refractivity contribution in [3.8, 4) is 0 Å². The fourth-order valence-corrected chi connectivity index (χ4v) is 2.70. The van der Waals surface area contributed by atoms with Gasteiger partial charge in [-0.2, -0.15) is 0 Å². The van der Waals surface area contributed by atoms with Crippen molar-refractivity contribution in [2.45, 2.75) is 0 Å². The standard InChI is InChI=1S/C13H8BrCl2FN2O/c14-9-3-6(17)1-2-8(9)13(20)19-12-10(15)4-7(18)5-11(12)16/h1-5H,18H2,(H,19,20). The van der Waals surface area contributed by atoms with Crippen molar-refractivity contribution in [3.05, 3.63) is 56.2 Å². The van der Waals surface area contributed by atoms with E-state index in [1.807, 2.05) is 0 Å². The molecule has 0 radical (unpaired) electrons. The smallest absolute Gasteiger partial charge is 0.256 e. The van der Waals surface area contributed by atoms with Crippen molar-refractivity contribution in [3.63, 3.8) is 0 Å². The van der Waals surface area contributed by atoms with Crippen molar-refractivity contribution in [1.82, 2.24) is 0 Å². The summed E-state index contributed by atoms with van der Waals surface area (Å²) < 4.78 is 13.3. The lowest BCUT2D eigenvalue weighted by molar-refractivity contribution is 0.102. The Morgan fingerprint density at radius 2 is 1.80 bits per heavy atom. The van der Waals surface area contributed by atoms with Crippen LogP contribution < -0.4 is 11.1 Å². The molecule has 2 aromatic carbocycles. The van der Waals surface area contributed by atoms with Gasteiger partial charge in [0, 0.05) is 10.2 Å². The molecule has 0 atom stereocenters. The Hall–Kier alpha value is -1.30. The van der Waals surface area contributed by atoms with Crippen molar-refractivity contribution in [2.75, 3.05) is 11.1 Å². The zero-order valence-corrected chi connectivity index (χ0v) is 13.0. The van der Waals surface area contributed by atoms with Crippen LogP contribution in [0.3, 0.4) is 0 Å². The molecule has 104 valence electrons. The predicted molar refractivity (Wildman–Crippen MR) is 82.9 cm³/mol. The molecule has 0 heterocycles. The molecule has 0 aliphatic carbocycles. The van der Waals surface area contributed by atoms with Gasteiger partial charge in [0.15, 0.2) is 0 Å². The number of benzene rings is 2. The molecule has 0 fully saturated rings. The van der Waals surface area contributed by atoms with Crippen LogP contribution >= 0.6 is 39.1 Å². The number of hydrogen-bond donors (Lipinski definition) is 2. The molecule has 0 unspecified atom stereocenters. The van der Waals surface area contributed by atoms with E-state index in [4.69, 9.17) is 28.9 Å². The van der Waals surface area contributed by atoms with Crippen LogP contribution in [0, 0.1) is 5.82 Å². The van der Waals surface area contributed by atoms with Crippen LogP contribution in [0.15, 0.2) is 34.8 Å². The minimum atomic E-state index is -0.467. The Morgan fingerprint density at radius 1 is 1.20 bits per heavy atom. The maximum absolute atomic E-state index is 13.0. The van der Waals surface area contributed by atoms with Crippen LogP contribution in [-0.2, 0) is 0 Å². The number of nitrogens with two attached hydrogens (primary N) is 1. The highest BCUT2D eigenvalue weighted by atomic mass is 79.9. The zero-order valence-electron chi connectivity index (χ0n) is 9.88. The van der Waals surface area contributed by atoms with Crippen LogP contribution in [0.4, 0.5) is 15.8 Å². The van der Waals surface area contributed by atoms with E-state index in [1.165, 1.54) is 30.3 Å². The molecule has 2 rings (SSSR count). The molecular formula is C13H8BrCl2FN2O. The molecular weight excluding hydrogens is 370 g/mol. The molecule has 0 saturated heterocycles. The number of carbonyl (C=O) groups excluding carboxylic acids is 1. The normalized spacial score (nSPS) is 10.4. The second-order valence-electron chi connectivity index (χ2n) is 3.94. The lowest BCUT2D eigenvalue weighted by Crippen LogP contribution is -2.13. The minimum Gasteiger partial charge on any atom is -0.399 e. The molecule has 0 aromatic heterocycles. The molecule has 0 aliphatic heterocycles. The second kappa shape index (κ2) is 5.99. The van der Waals surface area contributed by atoms with E-state index in [1.54, 1.807) is 0 Å². The monoisotopic (exact) mass is 376 g/mol. The fraction of sp³-hybridized carbons (Fsp3) is 0. The van der Waals surface area contributed by atoms with Crippen molar-refractivity contribution in [2.24, 2.45) is 0 Å². The summed E-state index contributed by atoms with van der Waals surface area (Å²) >= 11 is 15.1. The Balaban J connectivity index is 2.33. The summed E-state index contributed by atoms with van der Waals surface area (Å²) in [5, 5.41) is 3.02. The molecule has 0 saturated carbocycles. The van der Waals surface area contributed by atoms with Gasteiger partial charge in [0.1, 0.15) is 5.82 Å². The summed E-state index contributed by atoms with van der Waals surface area (Å²) in [7, 11) is 0. The molecule has 7 heteroatoms. The summed E-state index contributed by atoms with van der Waals surface area (Å²) in [4.78, 5) is 12.1. The van der Waals surface area contributed by atoms with Gasteiger partial charge in [0.25, 0.3) is 5.91 Å². The summed E-state index contributed by atoms with van der Waals surface area (Å²) in [6, 6.07) is 6.69. The Kier molecular flexibility index (Phi) is 4.52. The number of anilines is 2. The maximum Gasteiger partial charge on any atom is 0.256 e. The number of hydrogen-bond acceptors (Lipinski definition) is 2. The van der Waals surface area contributed by atoms with Crippen LogP contribution in [0.5, 0.6) is 0 Å². The van der Waals surface area contributed by atoms with Gasteiger partial charge in [-0.3, -0.25) is 4.79 Å². The number of rotatable bonds is 2. The second-order valence-corrected chi connectivity index (χ2v) is 5.61. The molecule has 2 aromatic rings. The third-order valence-electron chi connectivity index (χ3n) is 2.48. The van der Waals surface area contributed by atoms with Crippen molar-refractivity contribution in [1.29, 1.82) is 0 Å². The van der Waals surface area contributed by atoms with Gasteiger partial charge in [0.05, 0.1) is 21.3 Å². The predicted octanol–water partition coefficient (Wildman–Crippen LogP) is 4.73. The molecule has 1 amide bonds. The van der Waals surface area contributed by atoms with Gasteiger partial charge in [-0.1, -0.05) is 23.2 Å². The number of amides is 1. The number of nitrogens with one attached hydrogen (secondary N) is 1. The zero-order chi connectivity index (χ0) is 14.9. The molecule has 0 spiro atoms. The van der Waals surface area contributed by atoms with E-state index in [0.717, 1.165) is 0 Å². The van der Waals surface area contributed by atoms with E-state index in [0.29, 0.717) is 10.2 Å². The SMILES string of the molecule is Nc1cc(Cl)c(NC(=O)c2ccc(F)cc2Br)c(Cl)c1. The highest BCUT2D eigenvalue weighted by Gasteiger charge is 2.15. The quantitative estimate of drug-likeness (QED) is 0.743. The summed E-state index contributed by atoms with van der Waals surface area (Å²) in [6.45, 7) is 0. The first-order chi connectivity index (χ1) is 9.38. The van der Waals surface area contributed by atoms with Crippen LogP contribution in [-0.4, -0.2) is 5.91 Å². The highest BCUT2D eigenvalue weighted by Crippen LogP contribution is 2.33. The Bertz CT molecular complexity index is 671. The summed E-state index contributed by atoms with van der Waals surface area (Å²) in [6.07, 6.45) is 0. The molecule has 3 N–H and O–H groups in total. The average molecular weight is 378 g/mol. The van der Waals surface area contributed by atoms with E-state index < -0.39 is 11.7 Å². The molecule has 3 nitrogen and oxygen atoms in total. The topological polar surface area (TPSA) is 55.1 Å². The lowest BCUT2D eigenvalue weighted by atomic mass is 10.2. The van der Waals surface area contributed by atoms with Gasteiger partial charge >= 0.3 is 0 Å². The number of carbonyl (C=O) groups is 1. The lowest BCUT2D eigenvalue weighted by Gasteiger charge is -2.11. The summed E-state index contributed by atoms with van der Waals surface area (Å²) in [5.41, 5.74) is 6.48. The average Bonchev–Trinajstić information content (AvgIpc) is 2.33. The third-order valence-corrected chi connectivity index (χ3v) is 3.73. The van der Waals surface area contributed by atoms with E-state index >= 15 is 0 Å². The van der Waals surface area contributed by atoms with Gasteiger partial charge < -0.3 is 11.1 Å². The van der Waals surface area contributed by atoms with E-state index in [-0.39, 0.29) is 21.3 Å². The van der Waals surface area contributed by atoms with Crippen LogP contribution in [0.1, 0.15) is 10.4 Å². The fourth-order valence-electron chi connectivity index (χ4n) is 1.57. The van der Waals surface area contributed by atoms with Crippen molar-refractivity contribution < 1.29 is 9.18 Å². The van der Waals surface area contributed by atoms with E-state index in [2.05, 4.69) is 21.2 Å². The number of nitrogen functional groups attached to an aromatic ring is 1. The van der Waals surface area contributed by atoms with E-state index in [9.17, 15) is 9.18 Å². The van der Waals surface area contributed by atoms with Crippen molar-refractivity contribution >= 4 is 56.4 Å². The van der Waals surface area contributed by atoms with Gasteiger partial charge in [-0.25, -0.2) is 4.39 Å². The molecule has 20 heavy (non-hydrogen) atoms. The van der Waals surface area contributed by atoms with Gasteiger partial charge in [-0.15, -0.1) is 0 Å². The van der Waals surface area contributed by atoms with Crippen LogP contribution in [0.2, 0.25) is 10.0 Å². The third kappa shape index (κ3) is 3.23. The maximum atomic E-state index is 13.0. The minimum absolute atomic E-state index is 0.224. The first-order valence-electron chi connectivity index (χ1n) is 5.39. The van der Waals surface area contributed by atoms with Gasteiger partial charge in [-0.05, 0) is 46.3 Å². The first kappa shape index (κ1) is 15.1. The number of halogens is 4. The summed E-state index contributed by atoms with van der Waals surface area (Å²) in [5.74, 6) is -0.914. The van der Waals surface area contributed by atoms with Crippen LogP contribution in [0.25, 0.3) is 0 Å². The Morgan fingerprint density at radius 3 is 2.35 bits per heavy atom. The van der Waals surface area contributed by atoms with Gasteiger partial charge in [0.2, 0.25) is 0 Å². The highest BCUT2D eigenvalue weighted by molar-refractivity contribution is 9.10. The Labute approximate surface area is 133 Å². The first-order valence-corrected chi connectivity index (χ1v) is 6.94. The molecule has 0 bridgehead atoms.